The third-order valence-electron chi connectivity index (χ3n) is 4.31. The second-order valence-corrected chi connectivity index (χ2v) is 6.39. The van der Waals surface area contributed by atoms with Crippen molar-refractivity contribution < 1.29 is 38.1 Å². The molecule has 0 spiro atoms. The molecule has 0 fully saturated rings. The SMILES string of the molecule is COC(=O)c1ccc(OC(=O)c2cccc(C(=O)Oc3ccc(C(=O)OC)cc3)c2)cc1. The molecule has 0 aliphatic carbocycles. The van der Waals surface area contributed by atoms with E-state index in [0.717, 1.165) is 0 Å². The van der Waals surface area contributed by atoms with Gasteiger partial charge in [-0.15, -0.1) is 0 Å². The maximum absolute atomic E-state index is 12.4. The highest BCUT2D eigenvalue weighted by molar-refractivity contribution is 5.97. The van der Waals surface area contributed by atoms with Gasteiger partial charge in [0, 0.05) is 0 Å². The summed E-state index contributed by atoms with van der Waals surface area (Å²) in [7, 11) is 2.54. The highest BCUT2D eigenvalue weighted by atomic mass is 16.5. The average molecular weight is 434 g/mol. The Kier molecular flexibility index (Phi) is 6.97. The van der Waals surface area contributed by atoms with Crippen LogP contribution in [0.1, 0.15) is 41.4 Å². The predicted octanol–water partition coefficient (Wildman–Crippen LogP) is 3.70. The minimum Gasteiger partial charge on any atom is -0.465 e. The molecule has 0 heterocycles. The highest BCUT2D eigenvalue weighted by Crippen LogP contribution is 2.18. The zero-order valence-electron chi connectivity index (χ0n) is 17.2. The summed E-state index contributed by atoms with van der Waals surface area (Å²) in [6.45, 7) is 0. The van der Waals surface area contributed by atoms with E-state index in [1.807, 2.05) is 0 Å². The molecule has 3 rings (SSSR count). The van der Waals surface area contributed by atoms with Crippen LogP contribution in [0, 0.1) is 0 Å². The van der Waals surface area contributed by atoms with Gasteiger partial charge in [-0.25, -0.2) is 19.2 Å². The molecule has 0 aromatic heterocycles. The average Bonchev–Trinajstić information content (AvgIpc) is 2.84. The van der Waals surface area contributed by atoms with Crippen LogP contribution in [0.4, 0.5) is 0 Å². The summed E-state index contributed by atoms with van der Waals surface area (Å²) in [4.78, 5) is 47.8. The van der Waals surface area contributed by atoms with Crippen LogP contribution in [0.3, 0.4) is 0 Å². The summed E-state index contributed by atoms with van der Waals surface area (Å²) < 4.78 is 19.8. The molecule has 0 unspecified atom stereocenters. The van der Waals surface area contributed by atoms with Crippen molar-refractivity contribution in [1.29, 1.82) is 0 Å². The minimum absolute atomic E-state index is 0.137. The zero-order chi connectivity index (χ0) is 23.1. The van der Waals surface area contributed by atoms with Crippen LogP contribution in [0.15, 0.2) is 72.8 Å². The van der Waals surface area contributed by atoms with E-state index in [1.165, 1.54) is 87.0 Å². The molecule has 0 amide bonds. The molecule has 0 N–H and O–H groups in total. The number of benzene rings is 3. The Morgan fingerprint density at radius 1 is 0.500 bits per heavy atom. The topological polar surface area (TPSA) is 105 Å². The van der Waals surface area contributed by atoms with Crippen LogP contribution in [0.25, 0.3) is 0 Å². The molecule has 32 heavy (non-hydrogen) atoms. The van der Waals surface area contributed by atoms with Crippen molar-refractivity contribution in [3.63, 3.8) is 0 Å². The molecular formula is C24H18O8. The Balaban J connectivity index is 1.67. The summed E-state index contributed by atoms with van der Waals surface area (Å²) in [5.41, 5.74) is 0.906. The second-order valence-electron chi connectivity index (χ2n) is 6.39. The van der Waals surface area contributed by atoms with Crippen LogP contribution in [0.5, 0.6) is 11.5 Å². The van der Waals surface area contributed by atoms with E-state index in [0.29, 0.717) is 11.1 Å². The standard InChI is InChI=1S/C24H18O8/c1-29-21(25)15-6-10-19(11-7-15)31-23(27)17-4-3-5-18(14-17)24(28)32-20-12-8-16(9-13-20)22(26)30-2/h3-14H,1-2H3. The molecule has 0 saturated carbocycles. The van der Waals surface area contributed by atoms with E-state index in [-0.39, 0.29) is 22.6 Å². The third kappa shape index (κ3) is 5.37. The van der Waals surface area contributed by atoms with E-state index >= 15 is 0 Å². The Morgan fingerprint density at radius 2 is 0.875 bits per heavy atom. The number of rotatable bonds is 6. The highest BCUT2D eigenvalue weighted by Gasteiger charge is 2.15. The molecule has 0 aliphatic heterocycles. The summed E-state index contributed by atoms with van der Waals surface area (Å²) in [5.74, 6) is -1.94. The van der Waals surface area contributed by atoms with Gasteiger partial charge in [0.15, 0.2) is 0 Å². The van der Waals surface area contributed by atoms with Gasteiger partial charge in [-0.3, -0.25) is 0 Å². The molecule has 0 atom stereocenters. The monoisotopic (exact) mass is 434 g/mol. The number of carbonyl (C=O) groups is 4. The third-order valence-corrected chi connectivity index (χ3v) is 4.31. The summed E-state index contributed by atoms with van der Waals surface area (Å²) in [5, 5.41) is 0. The van der Waals surface area contributed by atoms with Gasteiger partial charge in [0.2, 0.25) is 0 Å². The van der Waals surface area contributed by atoms with Crippen molar-refractivity contribution in [2.45, 2.75) is 0 Å². The lowest BCUT2D eigenvalue weighted by molar-refractivity contribution is 0.0591. The Morgan fingerprint density at radius 3 is 1.22 bits per heavy atom. The fraction of sp³-hybridized carbons (Fsp3) is 0.0833. The van der Waals surface area contributed by atoms with E-state index in [2.05, 4.69) is 9.47 Å². The van der Waals surface area contributed by atoms with Crippen LogP contribution < -0.4 is 9.47 Å². The van der Waals surface area contributed by atoms with Gasteiger partial charge in [0.05, 0.1) is 36.5 Å². The van der Waals surface area contributed by atoms with Gasteiger partial charge in [-0.1, -0.05) is 6.07 Å². The van der Waals surface area contributed by atoms with Crippen molar-refractivity contribution >= 4 is 23.9 Å². The molecule has 8 heteroatoms. The van der Waals surface area contributed by atoms with Gasteiger partial charge < -0.3 is 18.9 Å². The fourth-order valence-corrected chi connectivity index (χ4v) is 2.66. The second kappa shape index (κ2) is 10.0. The lowest BCUT2D eigenvalue weighted by atomic mass is 10.1. The van der Waals surface area contributed by atoms with Crippen molar-refractivity contribution in [3.05, 3.63) is 95.1 Å². The van der Waals surface area contributed by atoms with Crippen LogP contribution >= 0.6 is 0 Å². The van der Waals surface area contributed by atoms with Crippen LogP contribution in [0.2, 0.25) is 0 Å². The summed E-state index contributed by atoms with van der Waals surface area (Å²) in [6, 6.07) is 17.5. The maximum Gasteiger partial charge on any atom is 0.343 e. The van der Waals surface area contributed by atoms with Crippen molar-refractivity contribution in [2.24, 2.45) is 0 Å². The lowest BCUT2D eigenvalue weighted by Crippen LogP contribution is -2.12. The number of methoxy groups -OCH3 is 2. The van der Waals surface area contributed by atoms with Crippen molar-refractivity contribution in [1.82, 2.24) is 0 Å². The largest absolute Gasteiger partial charge is 0.465 e. The molecule has 0 bridgehead atoms. The number of hydrogen-bond donors (Lipinski definition) is 0. The molecule has 3 aromatic rings. The van der Waals surface area contributed by atoms with Gasteiger partial charge in [-0.05, 0) is 66.7 Å². The minimum atomic E-state index is -0.687. The quantitative estimate of drug-likeness (QED) is 0.427. The van der Waals surface area contributed by atoms with Gasteiger partial charge >= 0.3 is 23.9 Å². The first-order valence-electron chi connectivity index (χ1n) is 9.32. The number of ether oxygens (including phenoxy) is 4. The Bertz CT molecular complexity index is 1060. The summed E-state index contributed by atoms with van der Waals surface area (Å²) in [6.07, 6.45) is 0. The first kappa shape index (κ1) is 22.2. The van der Waals surface area contributed by atoms with Gasteiger partial charge in [-0.2, -0.15) is 0 Å². The number of hydrogen-bond acceptors (Lipinski definition) is 8. The number of esters is 4. The van der Waals surface area contributed by atoms with Gasteiger partial charge in [0.25, 0.3) is 0 Å². The normalized spacial score (nSPS) is 10.1. The molecular weight excluding hydrogens is 416 g/mol. The van der Waals surface area contributed by atoms with E-state index in [4.69, 9.17) is 9.47 Å². The molecule has 162 valence electrons. The first-order chi connectivity index (χ1) is 15.4. The predicted molar refractivity (Wildman–Crippen MR) is 112 cm³/mol. The summed E-state index contributed by atoms with van der Waals surface area (Å²) >= 11 is 0. The van der Waals surface area contributed by atoms with Crippen molar-refractivity contribution in [3.8, 4) is 11.5 Å². The fourth-order valence-electron chi connectivity index (χ4n) is 2.66. The Hall–Kier alpha value is -4.46. The number of carbonyl (C=O) groups excluding carboxylic acids is 4. The Labute approximate surface area is 183 Å². The van der Waals surface area contributed by atoms with Crippen LogP contribution in [-0.2, 0) is 9.47 Å². The lowest BCUT2D eigenvalue weighted by Gasteiger charge is -2.08. The molecule has 0 aliphatic rings. The maximum atomic E-state index is 12.4. The van der Waals surface area contributed by atoms with Crippen molar-refractivity contribution in [2.75, 3.05) is 14.2 Å². The molecule has 0 radical (unpaired) electrons. The van der Waals surface area contributed by atoms with Crippen LogP contribution in [-0.4, -0.2) is 38.1 Å². The molecule has 8 nitrogen and oxygen atoms in total. The molecule has 0 saturated heterocycles. The molecule has 3 aromatic carbocycles. The van der Waals surface area contributed by atoms with E-state index < -0.39 is 23.9 Å². The van der Waals surface area contributed by atoms with E-state index in [1.54, 1.807) is 0 Å². The van der Waals surface area contributed by atoms with Gasteiger partial charge in [0.1, 0.15) is 11.5 Å². The zero-order valence-corrected chi connectivity index (χ0v) is 17.2. The first-order valence-corrected chi connectivity index (χ1v) is 9.32. The van der Waals surface area contributed by atoms with E-state index in [9.17, 15) is 19.2 Å². The smallest absolute Gasteiger partial charge is 0.343 e.